The minimum absolute atomic E-state index is 0.0661. The Morgan fingerprint density at radius 2 is 1.62 bits per heavy atom. The number of carbonyl (C=O) groups excluding carboxylic acids is 2. The van der Waals surface area contributed by atoms with Gasteiger partial charge in [0.05, 0.1) is 21.3 Å². The number of amides is 2. The second kappa shape index (κ2) is 9.27. The maximum Gasteiger partial charge on any atom is 0.275 e. The summed E-state index contributed by atoms with van der Waals surface area (Å²) in [5, 5.41) is 8.15. The van der Waals surface area contributed by atoms with Crippen LogP contribution in [0.3, 0.4) is 0 Å². The van der Waals surface area contributed by atoms with Crippen LogP contribution in [0.5, 0.6) is 17.2 Å². The number of carbonyl (C=O) groups is 2. The number of anilines is 1. The summed E-state index contributed by atoms with van der Waals surface area (Å²) < 4.78 is 15.9. The molecular formula is C23H23N3O5S. The lowest BCUT2D eigenvalue weighted by Crippen LogP contribution is -2.25. The summed E-state index contributed by atoms with van der Waals surface area (Å²) >= 11 is 1.36. The Labute approximate surface area is 189 Å². The zero-order valence-electron chi connectivity index (χ0n) is 17.9. The van der Waals surface area contributed by atoms with E-state index in [1.165, 1.54) is 32.7 Å². The van der Waals surface area contributed by atoms with E-state index < -0.39 is 0 Å². The predicted octanol–water partition coefficient (Wildman–Crippen LogP) is 3.98. The largest absolute Gasteiger partial charge is 0.493 e. The Bertz CT molecular complexity index is 1110. The van der Waals surface area contributed by atoms with E-state index in [2.05, 4.69) is 15.6 Å². The van der Waals surface area contributed by atoms with Gasteiger partial charge in [0, 0.05) is 40.4 Å². The van der Waals surface area contributed by atoms with Gasteiger partial charge in [-0.2, -0.15) is 0 Å². The van der Waals surface area contributed by atoms with Crippen LogP contribution >= 0.6 is 11.3 Å². The van der Waals surface area contributed by atoms with Gasteiger partial charge in [-0.3, -0.25) is 9.59 Å². The first kappa shape index (κ1) is 21.6. The fourth-order valence-corrected chi connectivity index (χ4v) is 3.93. The summed E-state index contributed by atoms with van der Waals surface area (Å²) in [5.41, 5.74) is 2.22. The van der Waals surface area contributed by atoms with Gasteiger partial charge in [0.25, 0.3) is 11.8 Å². The van der Waals surface area contributed by atoms with Gasteiger partial charge in [0.15, 0.2) is 11.5 Å². The summed E-state index contributed by atoms with van der Waals surface area (Å²) in [6, 6.07) is 10.8. The molecule has 1 aliphatic carbocycles. The van der Waals surface area contributed by atoms with Crippen LogP contribution in [-0.4, -0.2) is 44.2 Å². The summed E-state index contributed by atoms with van der Waals surface area (Å²) in [4.78, 5) is 29.3. The Morgan fingerprint density at radius 3 is 2.19 bits per heavy atom. The lowest BCUT2D eigenvalue weighted by Gasteiger charge is -2.14. The first-order valence-electron chi connectivity index (χ1n) is 10.0. The number of nitrogens with zero attached hydrogens (tertiary/aromatic N) is 1. The molecule has 1 fully saturated rings. The molecule has 3 aromatic rings. The number of aromatic nitrogens is 1. The molecule has 1 heterocycles. The summed E-state index contributed by atoms with van der Waals surface area (Å²) in [7, 11) is 4.54. The van der Waals surface area contributed by atoms with Gasteiger partial charge in [-0.25, -0.2) is 4.98 Å². The molecular weight excluding hydrogens is 430 g/mol. The SMILES string of the molecule is COc1cc(NC(=O)c2csc(-c3ccc(C(=O)NC4CC4)cc3)n2)cc(OC)c1OC. The normalized spacial score (nSPS) is 12.7. The lowest BCUT2D eigenvalue weighted by molar-refractivity contribution is 0.0950. The molecule has 1 aliphatic rings. The number of thiazole rings is 1. The van der Waals surface area contributed by atoms with Gasteiger partial charge >= 0.3 is 0 Å². The molecule has 0 spiro atoms. The minimum atomic E-state index is -0.359. The average Bonchev–Trinajstić information content (AvgIpc) is 3.49. The van der Waals surface area contributed by atoms with E-state index in [1.807, 2.05) is 12.1 Å². The van der Waals surface area contributed by atoms with Crippen molar-refractivity contribution in [2.75, 3.05) is 26.6 Å². The average molecular weight is 454 g/mol. The number of hydrogen-bond donors (Lipinski definition) is 2. The number of nitrogens with one attached hydrogen (secondary N) is 2. The first-order chi connectivity index (χ1) is 15.5. The number of rotatable bonds is 8. The maximum absolute atomic E-state index is 12.7. The maximum atomic E-state index is 12.7. The van der Waals surface area contributed by atoms with Crippen LogP contribution in [0, 0.1) is 0 Å². The highest BCUT2D eigenvalue weighted by molar-refractivity contribution is 7.13. The summed E-state index contributed by atoms with van der Waals surface area (Å²) in [6.07, 6.45) is 2.09. The van der Waals surface area contributed by atoms with Crippen molar-refractivity contribution in [1.82, 2.24) is 10.3 Å². The van der Waals surface area contributed by atoms with Crippen molar-refractivity contribution in [3.05, 3.63) is 53.0 Å². The van der Waals surface area contributed by atoms with E-state index in [-0.39, 0.29) is 17.5 Å². The predicted molar refractivity (Wildman–Crippen MR) is 122 cm³/mol. The van der Waals surface area contributed by atoms with Crippen LogP contribution in [0.1, 0.15) is 33.7 Å². The number of methoxy groups -OCH3 is 3. The zero-order chi connectivity index (χ0) is 22.7. The summed E-state index contributed by atoms with van der Waals surface area (Å²) in [6.45, 7) is 0. The van der Waals surface area contributed by atoms with E-state index in [9.17, 15) is 9.59 Å². The molecule has 2 amide bonds. The second-order valence-electron chi connectivity index (χ2n) is 7.23. The molecule has 0 radical (unpaired) electrons. The van der Waals surface area contributed by atoms with Crippen molar-refractivity contribution in [1.29, 1.82) is 0 Å². The first-order valence-corrected chi connectivity index (χ1v) is 10.9. The van der Waals surface area contributed by atoms with Crippen LogP contribution in [0.4, 0.5) is 5.69 Å². The Morgan fingerprint density at radius 1 is 0.969 bits per heavy atom. The fourth-order valence-electron chi connectivity index (χ4n) is 3.12. The number of hydrogen-bond acceptors (Lipinski definition) is 7. The standard InChI is InChI=1S/C23H23N3O5S/c1-29-18-10-16(11-19(30-2)20(18)31-3)25-22(28)17-12-32-23(26-17)14-6-4-13(5-7-14)21(27)24-15-8-9-15/h4-7,10-12,15H,8-9H2,1-3H3,(H,24,27)(H,25,28). The smallest absolute Gasteiger partial charge is 0.275 e. The third-order valence-corrected chi connectivity index (χ3v) is 5.86. The molecule has 4 rings (SSSR count). The van der Waals surface area contributed by atoms with Gasteiger partial charge in [0.1, 0.15) is 10.7 Å². The lowest BCUT2D eigenvalue weighted by atomic mass is 10.1. The van der Waals surface area contributed by atoms with E-state index in [1.54, 1.807) is 29.6 Å². The number of ether oxygens (including phenoxy) is 3. The molecule has 2 aromatic carbocycles. The van der Waals surface area contributed by atoms with E-state index in [0.29, 0.717) is 39.5 Å². The van der Waals surface area contributed by atoms with Gasteiger partial charge in [-0.15, -0.1) is 11.3 Å². The van der Waals surface area contributed by atoms with Crippen LogP contribution in [0.2, 0.25) is 0 Å². The van der Waals surface area contributed by atoms with Gasteiger partial charge in [-0.1, -0.05) is 12.1 Å². The van der Waals surface area contributed by atoms with Crippen molar-refractivity contribution < 1.29 is 23.8 Å². The third kappa shape index (κ3) is 4.67. The number of benzene rings is 2. The highest BCUT2D eigenvalue weighted by Crippen LogP contribution is 2.40. The van der Waals surface area contributed by atoms with Crippen molar-refractivity contribution in [3.63, 3.8) is 0 Å². The van der Waals surface area contributed by atoms with Crippen molar-refractivity contribution in [2.24, 2.45) is 0 Å². The molecule has 0 bridgehead atoms. The molecule has 0 aliphatic heterocycles. The molecule has 9 heteroatoms. The van der Waals surface area contributed by atoms with Crippen molar-refractivity contribution in [3.8, 4) is 27.8 Å². The molecule has 0 unspecified atom stereocenters. The van der Waals surface area contributed by atoms with E-state index in [4.69, 9.17) is 14.2 Å². The highest BCUT2D eigenvalue weighted by Gasteiger charge is 2.24. The topological polar surface area (TPSA) is 98.8 Å². The monoisotopic (exact) mass is 453 g/mol. The second-order valence-corrected chi connectivity index (χ2v) is 8.09. The molecule has 0 atom stereocenters. The molecule has 166 valence electrons. The van der Waals surface area contributed by atoms with Gasteiger partial charge < -0.3 is 24.8 Å². The molecule has 8 nitrogen and oxygen atoms in total. The van der Waals surface area contributed by atoms with Crippen LogP contribution in [-0.2, 0) is 0 Å². The van der Waals surface area contributed by atoms with Crippen LogP contribution < -0.4 is 24.8 Å². The minimum Gasteiger partial charge on any atom is -0.493 e. The molecule has 1 saturated carbocycles. The zero-order valence-corrected chi connectivity index (χ0v) is 18.7. The van der Waals surface area contributed by atoms with Crippen molar-refractivity contribution >= 4 is 28.8 Å². The molecule has 2 N–H and O–H groups in total. The molecule has 1 aromatic heterocycles. The van der Waals surface area contributed by atoms with Gasteiger partial charge in [-0.05, 0) is 25.0 Å². The summed E-state index contributed by atoms with van der Waals surface area (Å²) in [5.74, 6) is 0.892. The fraction of sp³-hybridized carbons (Fsp3) is 0.261. The quantitative estimate of drug-likeness (QED) is 0.535. The molecule has 0 saturated heterocycles. The van der Waals surface area contributed by atoms with E-state index in [0.717, 1.165) is 18.4 Å². The van der Waals surface area contributed by atoms with Crippen LogP contribution in [0.25, 0.3) is 10.6 Å². The Kier molecular flexibility index (Phi) is 6.27. The highest BCUT2D eigenvalue weighted by atomic mass is 32.1. The van der Waals surface area contributed by atoms with E-state index >= 15 is 0 Å². The Balaban J connectivity index is 1.47. The third-order valence-electron chi connectivity index (χ3n) is 4.97. The Hall–Kier alpha value is -3.59. The van der Waals surface area contributed by atoms with Crippen molar-refractivity contribution in [2.45, 2.75) is 18.9 Å². The molecule has 32 heavy (non-hydrogen) atoms. The van der Waals surface area contributed by atoms with Gasteiger partial charge in [0.2, 0.25) is 5.75 Å². The van der Waals surface area contributed by atoms with Crippen LogP contribution in [0.15, 0.2) is 41.8 Å².